The third-order valence-electron chi connectivity index (χ3n) is 2.81. The van der Waals surface area contributed by atoms with E-state index in [1.165, 1.54) is 5.56 Å². The zero-order valence-electron chi connectivity index (χ0n) is 12.1. The van der Waals surface area contributed by atoms with Gasteiger partial charge in [-0.25, -0.2) is 4.79 Å². The summed E-state index contributed by atoms with van der Waals surface area (Å²) >= 11 is 0. The summed E-state index contributed by atoms with van der Waals surface area (Å²) in [4.78, 5) is 11.8. The number of amides is 1. The molecule has 2 atom stereocenters. The molecule has 0 saturated carbocycles. The van der Waals surface area contributed by atoms with E-state index < -0.39 is 5.60 Å². The molecule has 1 N–H and O–H groups in total. The maximum Gasteiger partial charge on any atom is 0.407 e. The summed E-state index contributed by atoms with van der Waals surface area (Å²) in [6.45, 7) is 6.26. The molecule has 0 aromatic heterocycles. The molecule has 20 heavy (non-hydrogen) atoms. The largest absolute Gasteiger partial charge is 0.444 e. The number of carbonyl (C=O) groups excluding carboxylic acids is 1. The van der Waals surface area contributed by atoms with Gasteiger partial charge in [0.15, 0.2) is 0 Å². The summed E-state index contributed by atoms with van der Waals surface area (Å²) in [6, 6.07) is 10.0. The van der Waals surface area contributed by atoms with Crippen LogP contribution in [0.2, 0.25) is 0 Å². The predicted octanol–water partition coefficient (Wildman–Crippen LogP) is 2.94. The van der Waals surface area contributed by atoms with E-state index in [9.17, 15) is 4.79 Å². The number of halogens is 1. The van der Waals surface area contributed by atoms with Gasteiger partial charge in [0.1, 0.15) is 11.7 Å². The van der Waals surface area contributed by atoms with Gasteiger partial charge < -0.3 is 14.8 Å². The summed E-state index contributed by atoms with van der Waals surface area (Å²) in [7, 11) is 0. The normalized spacial score (nSPS) is 18.6. The Balaban J connectivity index is 0.00000200. The van der Waals surface area contributed by atoms with E-state index in [2.05, 4.69) is 5.32 Å². The molecule has 1 amide bonds. The number of epoxide rings is 1. The van der Waals surface area contributed by atoms with E-state index in [-0.39, 0.29) is 30.6 Å². The highest BCUT2D eigenvalue weighted by molar-refractivity contribution is 5.85. The van der Waals surface area contributed by atoms with Gasteiger partial charge in [-0.1, -0.05) is 30.3 Å². The Kier molecular flexibility index (Phi) is 5.84. The Bertz CT molecular complexity index is 426. The third-order valence-corrected chi connectivity index (χ3v) is 2.81. The number of rotatable bonds is 4. The van der Waals surface area contributed by atoms with Crippen molar-refractivity contribution in [1.82, 2.24) is 5.32 Å². The van der Waals surface area contributed by atoms with Gasteiger partial charge in [0.25, 0.3) is 0 Å². The standard InChI is InChI=1S/C15H21NO3.ClH/c1-15(2,3)19-14(17)16-12(13-10-18-13)9-11-7-5-4-6-8-11;/h4-8,12-13H,9-10H2,1-3H3,(H,16,17);1H/t12-,13+;/m0./s1. The van der Waals surface area contributed by atoms with E-state index >= 15 is 0 Å². The molecule has 0 bridgehead atoms. The molecule has 0 spiro atoms. The van der Waals surface area contributed by atoms with Crippen molar-refractivity contribution in [2.75, 3.05) is 6.61 Å². The summed E-state index contributed by atoms with van der Waals surface area (Å²) in [5.74, 6) is 0. The molecule has 2 rings (SSSR count). The Morgan fingerprint density at radius 3 is 2.50 bits per heavy atom. The molecule has 0 aliphatic carbocycles. The van der Waals surface area contributed by atoms with Crippen LogP contribution in [0.4, 0.5) is 4.79 Å². The smallest absolute Gasteiger partial charge is 0.407 e. The fourth-order valence-corrected chi connectivity index (χ4v) is 1.89. The maximum atomic E-state index is 11.8. The molecular weight excluding hydrogens is 278 g/mol. The van der Waals surface area contributed by atoms with Crippen LogP contribution in [0.1, 0.15) is 26.3 Å². The first-order valence-electron chi connectivity index (χ1n) is 6.59. The molecule has 0 radical (unpaired) electrons. The predicted molar refractivity (Wildman–Crippen MR) is 80.3 cm³/mol. The first-order valence-corrected chi connectivity index (χ1v) is 6.59. The zero-order valence-corrected chi connectivity index (χ0v) is 12.9. The van der Waals surface area contributed by atoms with Crippen molar-refractivity contribution >= 4 is 18.5 Å². The second kappa shape index (κ2) is 6.95. The van der Waals surface area contributed by atoms with E-state index in [0.717, 1.165) is 6.42 Å². The third kappa shape index (κ3) is 5.80. The average Bonchev–Trinajstić information content (AvgIpc) is 3.10. The van der Waals surface area contributed by atoms with E-state index in [4.69, 9.17) is 9.47 Å². The summed E-state index contributed by atoms with van der Waals surface area (Å²) in [6.07, 6.45) is 0.474. The van der Waals surface area contributed by atoms with Gasteiger partial charge in [-0.15, -0.1) is 12.4 Å². The minimum atomic E-state index is -0.480. The van der Waals surface area contributed by atoms with Crippen molar-refractivity contribution in [1.29, 1.82) is 0 Å². The van der Waals surface area contributed by atoms with Crippen LogP contribution in [-0.2, 0) is 15.9 Å². The summed E-state index contributed by atoms with van der Waals surface area (Å²) in [5, 5.41) is 2.90. The van der Waals surface area contributed by atoms with E-state index in [1.54, 1.807) is 0 Å². The lowest BCUT2D eigenvalue weighted by Gasteiger charge is -2.23. The lowest BCUT2D eigenvalue weighted by atomic mass is 10.0. The highest BCUT2D eigenvalue weighted by Crippen LogP contribution is 2.18. The lowest BCUT2D eigenvalue weighted by Crippen LogP contribution is -2.43. The van der Waals surface area contributed by atoms with Crippen LogP contribution in [0, 0.1) is 0 Å². The molecule has 0 unspecified atom stereocenters. The van der Waals surface area contributed by atoms with Gasteiger partial charge in [-0.05, 0) is 32.8 Å². The monoisotopic (exact) mass is 299 g/mol. The van der Waals surface area contributed by atoms with Crippen LogP contribution < -0.4 is 5.32 Å². The average molecular weight is 300 g/mol. The lowest BCUT2D eigenvalue weighted by molar-refractivity contribution is 0.0495. The number of hydrogen-bond acceptors (Lipinski definition) is 3. The molecule has 1 aromatic carbocycles. The topological polar surface area (TPSA) is 50.9 Å². The SMILES string of the molecule is CC(C)(C)OC(=O)N[C@@H](Cc1ccccc1)[C@H]1CO1.Cl. The molecule has 112 valence electrons. The molecule has 1 aromatic rings. The van der Waals surface area contributed by atoms with Crippen molar-refractivity contribution < 1.29 is 14.3 Å². The molecule has 1 aliphatic heterocycles. The van der Waals surface area contributed by atoms with E-state index in [1.807, 2.05) is 51.1 Å². The van der Waals surface area contributed by atoms with Gasteiger partial charge in [-0.3, -0.25) is 0 Å². The minimum absolute atomic E-state index is 0. The fraction of sp³-hybridized carbons (Fsp3) is 0.533. The molecular formula is C15H22ClNO3. The highest BCUT2D eigenvalue weighted by atomic mass is 35.5. The minimum Gasteiger partial charge on any atom is -0.444 e. The zero-order chi connectivity index (χ0) is 13.9. The number of carbonyl (C=O) groups is 1. The van der Waals surface area contributed by atoms with Crippen LogP contribution in [0.3, 0.4) is 0 Å². The van der Waals surface area contributed by atoms with Crippen LogP contribution in [0.5, 0.6) is 0 Å². The molecule has 1 saturated heterocycles. The van der Waals surface area contributed by atoms with Crippen LogP contribution in [-0.4, -0.2) is 30.4 Å². The first kappa shape index (κ1) is 16.8. The van der Waals surface area contributed by atoms with Crippen molar-refractivity contribution in [3.63, 3.8) is 0 Å². The number of hydrogen-bond donors (Lipinski definition) is 1. The van der Waals surface area contributed by atoms with E-state index in [0.29, 0.717) is 6.61 Å². The first-order chi connectivity index (χ1) is 8.94. The van der Waals surface area contributed by atoms with Crippen LogP contribution in [0.25, 0.3) is 0 Å². The molecule has 1 aliphatic rings. The molecule has 4 nitrogen and oxygen atoms in total. The molecule has 5 heteroatoms. The van der Waals surface area contributed by atoms with Gasteiger partial charge in [0.2, 0.25) is 0 Å². The van der Waals surface area contributed by atoms with Gasteiger partial charge >= 0.3 is 6.09 Å². The van der Waals surface area contributed by atoms with Crippen LogP contribution >= 0.6 is 12.4 Å². The van der Waals surface area contributed by atoms with Crippen molar-refractivity contribution in [3.8, 4) is 0 Å². The summed E-state index contributed by atoms with van der Waals surface area (Å²) in [5.41, 5.74) is 0.699. The number of alkyl carbamates (subject to hydrolysis) is 1. The van der Waals surface area contributed by atoms with Crippen molar-refractivity contribution in [2.45, 2.75) is 44.9 Å². The second-order valence-corrected chi connectivity index (χ2v) is 5.81. The summed E-state index contributed by atoms with van der Waals surface area (Å²) < 4.78 is 10.6. The Labute approximate surface area is 126 Å². The quantitative estimate of drug-likeness (QED) is 0.870. The molecule has 1 heterocycles. The second-order valence-electron chi connectivity index (χ2n) is 5.81. The van der Waals surface area contributed by atoms with Gasteiger partial charge in [0.05, 0.1) is 12.6 Å². The van der Waals surface area contributed by atoms with Crippen molar-refractivity contribution in [3.05, 3.63) is 35.9 Å². The maximum absolute atomic E-state index is 11.8. The molecule has 1 fully saturated rings. The Hall–Kier alpha value is -1.26. The van der Waals surface area contributed by atoms with Gasteiger partial charge in [0, 0.05) is 0 Å². The number of nitrogens with one attached hydrogen (secondary N) is 1. The number of ether oxygens (including phenoxy) is 2. The van der Waals surface area contributed by atoms with Crippen molar-refractivity contribution in [2.24, 2.45) is 0 Å². The number of benzene rings is 1. The fourth-order valence-electron chi connectivity index (χ4n) is 1.89. The van der Waals surface area contributed by atoms with Gasteiger partial charge in [-0.2, -0.15) is 0 Å². The van der Waals surface area contributed by atoms with Crippen LogP contribution in [0.15, 0.2) is 30.3 Å². The highest BCUT2D eigenvalue weighted by Gasteiger charge is 2.34. The Morgan fingerprint density at radius 1 is 1.40 bits per heavy atom. The Morgan fingerprint density at radius 2 is 2.00 bits per heavy atom.